The maximum Gasteiger partial charge on any atom is 0.322 e. The van der Waals surface area contributed by atoms with Crippen LogP contribution in [0.3, 0.4) is 0 Å². The Labute approximate surface area is 110 Å². The number of rotatable bonds is 8. The summed E-state index contributed by atoms with van der Waals surface area (Å²) in [6.07, 6.45) is 8.27. The number of unbranched alkanes of at least 4 members (excludes halogenated alkanes) is 5. The molecule has 0 atom stereocenters. The highest BCUT2D eigenvalue weighted by Gasteiger charge is 2.13. The highest BCUT2D eigenvalue weighted by molar-refractivity contribution is 9.10. The molecule has 96 valence electrons. The van der Waals surface area contributed by atoms with Crippen molar-refractivity contribution >= 4 is 21.7 Å². The van der Waals surface area contributed by atoms with Gasteiger partial charge in [-0.1, -0.05) is 39.0 Å². The van der Waals surface area contributed by atoms with E-state index in [-0.39, 0.29) is 5.82 Å². The van der Waals surface area contributed by atoms with Gasteiger partial charge >= 0.3 is 5.82 Å². The fourth-order valence-corrected chi connectivity index (χ4v) is 2.33. The van der Waals surface area contributed by atoms with E-state index in [1.165, 1.54) is 38.2 Å². The van der Waals surface area contributed by atoms with Crippen molar-refractivity contribution in [1.29, 1.82) is 0 Å². The molecule has 0 aliphatic rings. The van der Waals surface area contributed by atoms with Crippen LogP contribution in [-0.2, 0) is 6.42 Å². The molecule has 0 fully saturated rings. The summed E-state index contributed by atoms with van der Waals surface area (Å²) >= 11 is 3.34. The van der Waals surface area contributed by atoms with Crippen molar-refractivity contribution in [2.45, 2.75) is 51.9 Å². The van der Waals surface area contributed by atoms with Gasteiger partial charge in [0.05, 0.1) is 4.47 Å². The lowest BCUT2D eigenvalue weighted by atomic mass is 10.1. The Hall–Kier alpha value is -0.840. The number of hydrogen-bond acceptors (Lipinski definition) is 2. The van der Waals surface area contributed by atoms with Gasteiger partial charge in [-0.2, -0.15) is 0 Å². The van der Waals surface area contributed by atoms with E-state index in [4.69, 9.17) is 0 Å². The lowest BCUT2D eigenvalue weighted by Gasteiger charge is -1.98. The van der Waals surface area contributed by atoms with Crippen molar-refractivity contribution in [3.8, 4) is 0 Å². The summed E-state index contributed by atoms with van der Waals surface area (Å²) in [6.45, 7) is 2.20. The second kappa shape index (κ2) is 7.48. The first kappa shape index (κ1) is 14.2. The van der Waals surface area contributed by atoms with Crippen molar-refractivity contribution in [2.75, 3.05) is 0 Å². The van der Waals surface area contributed by atoms with Crippen molar-refractivity contribution in [1.82, 2.24) is 4.98 Å². The van der Waals surface area contributed by atoms with Crippen LogP contribution in [0.15, 0.2) is 10.5 Å². The van der Waals surface area contributed by atoms with Crippen LogP contribution in [0.5, 0.6) is 0 Å². The molecule has 0 aromatic carbocycles. The predicted molar refractivity (Wildman–Crippen MR) is 72.2 cm³/mol. The molecule has 1 N–H and O–H groups in total. The van der Waals surface area contributed by atoms with E-state index in [1.807, 2.05) is 0 Å². The maximum atomic E-state index is 10.6. The van der Waals surface area contributed by atoms with E-state index in [0.29, 0.717) is 0 Å². The van der Waals surface area contributed by atoms with E-state index in [0.717, 1.165) is 23.0 Å². The number of hydrogen-bond donors (Lipinski definition) is 1. The third-order valence-electron chi connectivity index (χ3n) is 2.81. The molecule has 4 nitrogen and oxygen atoms in total. The van der Waals surface area contributed by atoms with Gasteiger partial charge in [0.1, 0.15) is 5.69 Å². The highest BCUT2D eigenvalue weighted by Crippen LogP contribution is 2.24. The average molecular weight is 303 g/mol. The molecule has 0 saturated carbocycles. The summed E-state index contributed by atoms with van der Waals surface area (Å²) in [4.78, 5) is 13.0. The number of nitrogens with one attached hydrogen (secondary N) is 1. The molecule has 5 heteroatoms. The minimum atomic E-state index is -0.393. The smallest absolute Gasteiger partial charge is 0.322 e. The molecular weight excluding hydrogens is 284 g/mol. The molecule has 0 aliphatic heterocycles. The SMILES string of the molecule is CCCCCCCCc1[nH]c([N+](=O)[O-])cc1Br. The van der Waals surface area contributed by atoms with Crippen LogP contribution in [0.25, 0.3) is 0 Å². The molecule has 1 heterocycles. The third-order valence-corrected chi connectivity index (χ3v) is 3.52. The molecule has 0 radical (unpaired) electrons. The average Bonchev–Trinajstić information content (AvgIpc) is 2.65. The summed E-state index contributed by atoms with van der Waals surface area (Å²) < 4.78 is 0.817. The molecule has 0 spiro atoms. The van der Waals surface area contributed by atoms with Crippen LogP contribution in [-0.4, -0.2) is 9.91 Å². The second-order valence-corrected chi connectivity index (χ2v) is 5.11. The Bertz CT molecular complexity index is 363. The van der Waals surface area contributed by atoms with Crippen molar-refractivity contribution in [2.24, 2.45) is 0 Å². The van der Waals surface area contributed by atoms with Gasteiger partial charge < -0.3 is 10.1 Å². The Morgan fingerprint density at radius 3 is 2.53 bits per heavy atom. The minimum absolute atomic E-state index is 0.0675. The maximum absolute atomic E-state index is 10.6. The molecular formula is C12H19BrN2O2. The highest BCUT2D eigenvalue weighted by atomic mass is 79.9. The van der Waals surface area contributed by atoms with E-state index in [9.17, 15) is 10.1 Å². The van der Waals surface area contributed by atoms with Crippen LogP contribution in [0.2, 0.25) is 0 Å². The number of halogens is 1. The first-order chi connectivity index (χ1) is 8.15. The number of aromatic nitrogens is 1. The zero-order chi connectivity index (χ0) is 12.7. The summed E-state index contributed by atoms with van der Waals surface area (Å²) in [5.74, 6) is 0.0675. The van der Waals surface area contributed by atoms with E-state index >= 15 is 0 Å². The molecule has 0 aliphatic carbocycles. The van der Waals surface area contributed by atoms with E-state index in [1.54, 1.807) is 0 Å². The molecule has 17 heavy (non-hydrogen) atoms. The fraction of sp³-hybridized carbons (Fsp3) is 0.667. The molecule has 0 bridgehead atoms. The lowest BCUT2D eigenvalue weighted by molar-refractivity contribution is -0.389. The summed E-state index contributed by atoms with van der Waals surface area (Å²) in [7, 11) is 0. The first-order valence-corrected chi connectivity index (χ1v) is 6.96. The molecule has 0 saturated heterocycles. The monoisotopic (exact) mass is 302 g/mol. The van der Waals surface area contributed by atoms with Crippen LogP contribution in [0.4, 0.5) is 5.82 Å². The molecule has 0 amide bonds. The Morgan fingerprint density at radius 1 is 1.29 bits per heavy atom. The number of aromatic amines is 1. The standard InChI is InChI=1S/C12H19BrN2O2/c1-2-3-4-5-6-7-8-11-10(13)9-12(14-11)15(16)17/h9,14H,2-8H2,1H3. The molecule has 1 aromatic heterocycles. The van der Waals surface area contributed by atoms with Gasteiger partial charge in [0.15, 0.2) is 0 Å². The van der Waals surface area contributed by atoms with Crippen molar-refractivity contribution in [3.05, 3.63) is 26.3 Å². The van der Waals surface area contributed by atoms with E-state index in [2.05, 4.69) is 27.8 Å². The van der Waals surface area contributed by atoms with Gasteiger partial charge in [-0.3, -0.25) is 0 Å². The van der Waals surface area contributed by atoms with Gasteiger partial charge in [0, 0.05) is 12.5 Å². The number of H-pyrrole nitrogens is 1. The van der Waals surface area contributed by atoms with Gasteiger partial charge in [0.25, 0.3) is 0 Å². The Balaban J connectivity index is 2.29. The van der Waals surface area contributed by atoms with Gasteiger partial charge in [-0.25, -0.2) is 4.98 Å². The number of aryl methyl sites for hydroxylation is 1. The summed E-state index contributed by atoms with van der Waals surface area (Å²) in [6, 6.07) is 1.53. The lowest BCUT2D eigenvalue weighted by Crippen LogP contribution is -1.90. The largest absolute Gasteiger partial charge is 0.358 e. The zero-order valence-corrected chi connectivity index (χ0v) is 11.8. The Morgan fingerprint density at radius 2 is 1.94 bits per heavy atom. The quantitative estimate of drug-likeness (QED) is 0.434. The third kappa shape index (κ3) is 4.89. The fourth-order valence-electron chi connectivity index (χ4n) is 1.82. The molecule has 1 rings (SSSR count). The molecule has 1 aromatic rings. The minimum Gasteiger partial charge on any atom is -0.358 e. The normalized spacial score (nSPS) is 10.7. The van der Waals surface area contributed by atoms with Gasteiger partial charge in [-0.15, -0.1) is 0 Å². The summed E-state index contributed by atoms with van der Waals surface area (Å²) in [5.41, 5.74) is 0.937. The predicted octanol–water partition coefficient (Wildman–Crippen LogP) is 4.59. The topological polar surface area (TPSA) is 58.9 Å². The van der Waals surface area contributed by atoms with Crippen LogP contribution in [0, 0.1) is 10.1 Å². The zero-order valence-electron chi connectivity index (χ0n) is 10.2. The van der Waals surface area contributed by atoms with Gasteiger partial charge in [0.2, 0.25) is 0 Å². The number of nitrogens with zero attached hydrogens (tertiary/aromatic N) is 1. The Kier molecular flexibility index (Phi) is 6.26. The van der Waals surface area contributed by atoms with Crippen LogP contribution < -0.4 is 0 Å². The van der Waals surface area contributed by atoms with Gasteiger partial charge in [-0.05, 0) is 27.3 Å². The molecule has 0 unspecified atom stereocenters. The van der Waals surface area contributed by atoms with Crippen molar-refractivity contribution < 1.29 is 4.92 Å². The summed E-state index contributed by atoms with van der Waals surface area (Å²) in [5, 5.41) is 10.6. The second-order valence-electron chi connectivity index (χ2n) is 4.26. The van der Waals surface area contributed by atoms with Crippen LogP contribution >= 0.6 is 15.9 Å². The first-order valence-electron chi connectivity index (χ1n) is 6.17. The van der Waals surface area contributed by atoms with Crippen LogP contribution in [0.1, 0.15) is 51.1 Å². The van der Waals surface area contributed by atoms with E-state index < -0.39 is 4.92 Å². The number of nitro groups is 1. The van der Waals surface area contributed by atoms with Crippen molar-refractivity contribution in [3.63, 3.8) is 0 Å².